The molecular weight excluding hydrogens is 318 g/mol. The van der Waals surface area contributed by atoms with Crippen LogP contribution in [0.5, 0.6) is 0 Å². The number of carbonyl (C=O) groups is 1. The molecule has 0 aliphatic carbocycles. The van der Waals surface area contributed by atoms with Crippen LogP contribution in [0.2, 0.25) is 0 Å². The van der Waals surface area contributed by atoms with Crippen molar-refractivity contribution in [1.29, 1.82) is 0 Å². The van der Waals surface area contributed by atoms with Gasteiger partial charge in [0.2, 0.25) is 5.91 Å². The third-order valence-corrected chi connectivity index (χ3v) is 4.95. The first-order valence-electron chi connectivity index (χ1n) is 7.94. The van der Waals surface area contributed by atoms with Gasteiger partial charge in [0.25, 0.3) is 0 Å². The zero-order chi connectivity index (χ0) is 16.9. The van der Waals surface area contributed by atoms with Crippen LogP contribution in [0.4, 0.5) is 0 Å². The molecule has 124 valence electrons. The average Bonchev–Trinajstić information content (AvgIpc) is 2.91. The smallest absolute Gasteiger partial charge is 0.230 e. The number of fused-ring (bicyclic) bond motifs is 1. The van der Waals surface area contributed by atoms with Crippen molar-refractivity contribution in [3.05, 3.63) is 65.5 Å². The quantitative estimate of drug-likeness (QED) is 0.748. The summed E-state index contributed by atoms with van der Waals surface area (Å²) in [6.45, 7) is 2.53. The van der Waals surface area contributed by atoms with E-state index in [1.165, 1.54) is 11.1 Å². The van der Waals surface area contributed by atoms with Crippen LogP contribution in [0.25, 0.3) is 11.0 Å². The number of imidazole rings is 1. The Morgan fingerprint density at radius 3 is 2.67 bits per heavy atom. The molecule has 0 aliphatic heterocycles. The van der Waals surface area contributed by atoms with Crippen molar-refractivity contribution >= 4 is 28.7 Å². The fourth-order valence-electron chi connectivity index (χ4n) is 2.53. The Labute approximate surface area is 146 Å². The number of hydrogen-bond donors (Lipinski definition) is 1. The molecule has 0 saturated heterocycles. The Kier molecular flexibility index (Phi) is 5.20. The van der Waals surface area contributed by atoms with Gasteiger partial charge in [-0.2, -0.15) is 0 Å². The number of hydrogen-bond acceptors (Lipinski definition) is 3. The SMILES string of the molecule is Cc1ccc(CSCC(=O)NCc2nc3ccccc3n2C)cc1. The minimum absolute atomic E-state index is 0.0409. The highest BCUT2D eigenvalue weighted by Crippen LogP contribution is 2.15. The summed E-state index contributed by atoms with van der Waals surface area (Å²) in [5.74, 6) is 2.21. The fourth-order valence-corrected chi connectivity index (χ4v) is 3.35. The molecule has 0 atom stereocenters. The summed E-state index contributed by atoms with van der Waals surface area (Å²) in [7, 11) is 1.98. The summed E-state index contributed by atoms with van der Waals surface area (Å²) < 4.78 is 2.02. The number of amides is 1. The van der Waals surface area contributed by atoms with Crippen molar-refractivity contribution < 1.29 is 4.79 Å². The van der Waals surface area contributed by atoms with E-state index in [0.717, 1.165) is 22.6 Å². The monoisotopic (exact) mass is 339 g/mol. The minimum Gasteiger partial charge on any atom is -0.348 e. The Hall–Kier alpha value is -2.27. The van der Waals surface area contributed by atoms with Gasteiger partial charge in [0.1, 0.15) is 5.82 Å². The molecule has 0 fully saturated rings. The maximum atomic E-state index is 12.0. The molecular formula is C19H21N3OS. The summed E-state index contributed by atoms with van der Waals surface area (Å²) in [5, 5.41) is 2.95. The molecule has 4 nitrogen and oxygen atoms in total. The Bertz CT molecular complexity index is 839. The van der Waals surface area contributed by atoms with E-state index in [9.17, 15) is 4.79 Å². The summed E-state index contributed by atoms with van der Waals surface area (Å²) in [4.78, 5) is 16.6. The number of aryl methyl sites for hydroxylation is 2. The van der Waals surface area contributed by atoms with Gasteiger partial charge in [0, 0.05) is 12.8 Å². The largest absolute Gasteiger partial charge is 0.348 e. The molecule has 24 heavy (non-hydrogen) atoms. The van der Waals surface area contributed by atoms with Crippen LogP contribution >= 0.6 is 11.8 Å². The van der Waals surface area contributed by atoms with Crippen LogP contribution in [-0.2, 0) is 24.1 Å². The second-order valence-corrected chi connectivity index (χ2v) is 6.82. The second kappa shape index (κ2) is 7.53. The second-order valence-electron chi connectivity index (χ2n) is 5.83. The molecule has 1 heterocycles. The predicted molar refractivity (Wildman–Crippen MR) is 99.9 cm³/mol. The van der Waals surface area contributed by atoms with Gasteiger partial charge in [-0.05, 0) is 24.6 Å². The van der Waals surface area contributed by atoms with Crippen LogP contribution < -0.4 is 5.32 Å². The first-order chi connectivity index (χ1) is 11.6. The molecule has 0 bridgehead atoms. The number of nitrogens with one attached hydrogen (secondary N) is 1. The van der Waals surface area contributed by atoms with E-state index in [0.29, 0.717) is 12.3 Å². The molecule has 1 N–H and O–H groups in total. The molecule has 2 aromatic carbocycles. The normalized spacial score (nSPS) is 10.9. The number of para-hydroxylation sites is 2. The van der Waals surface area contributed by atoms with Gasteiger partial charge in [-0.3, -0.25) is 4.79 Å². The van der Waals surface area contributed by atoms with Gasteiger partial charge < -0.3 is 9.88 Å². The number of carbonyl (C=O) groups excluding carboxylic acids is 1. The molecule has 1 aromatic heterocycles. The summed E-state index contributed by atoms with van der Waals surface area (Å²) >= 11 is 1.63. The average molecular weight is 339 g/mol. The lowest BCUT2D eigenvalue weighted by Gasteiger charge is -2.06. The lowest BCUT2D eigenvalue weighted by Crippen LogP contribution is -2.26. The third kappa shape index (κ3) is 3.97. The maximum Gasteiger partial charge on any atom is 0.230 e. The first kappa shape index (κ1) is 16.6. The van der Waals surface area contributed by atoms with Crippen molar-refractivity contribution in [2.24, 2.45) is 7.05 Å². The minimum atomic E-state index is 0.0409. The highest BCUT2D eigenvalue weighted by Gasteiger charge is 2.08. The molecule has 3 aromatic rings. The number of thioether (sulfide) groups is 1. The zero-order valence-electron chi connectivity index (χ0n) is 14.0. The first-order valence-corrected chi connectivity index (χ1v) is 9.09. The molecule has 0 unspecified atom stereocenters. The van der Waals surface area contributed by atoms with Gasteiger partial charge >= 0.3 is 0 Å². The standard InChI is InChI=1S/C19H21N3OS/c1-14-7-9-15(10-8-14)12-24-13-19(23)20-11-18-21-16-5-3-4-6-17(16)22(18)2/h3-10H,11-13H2,1-2H3,(H,20,23). The Balaban J connectivity index is 1.48. The van der Waals surface area contributed by atoms with E-state index < -0.39 is 0 Å². The molecule has 5 heteroatoms. The summed E-state index contributed by atoms with van der Waals surface area (Å²) in [5.41, 5.74) is 4.53. The number of rotatable bonds is 6. The summed E-state index contributed by atoms with van der Waals surface area (Å²) in [6, 6.07) is 16.4. The van der Waals surface area contributed by atoms with Crippen LogP contribution in [0.15, 0.2) is 48.5 Å². The van der Waals surface area contributed by atoms with Gasteiger partial charge in [0.05, 0.1) is 23.3 Å². The molecule has 0 spiro atoms. The topological polar surface area (TPSA) is 46.9 Å². The molecule has 0 aliphatic rings. The van der Waals surface area contributed by atoms with E-state index in [2.05, 4.69) is 41.5 Å². The summed E-state index contributed by atoms with van der Waals surface area (Å²) in [6.07, 6.45) is 0. The van der Waals surface area contributed by atoms with E-state index in [1.807, 2.05) is 35.9 Å². The van der Waals surface area contributed by atoms with E-state index in [-0.39, 0.29) is 5.91 Å². The van der Waals surface area contributed by atoms with E-state index in [1.54, 1.807) is 11.8 Å². The lowest BCUT2D eigenvalue weighted by molar-refractivity contribution is -0.118. The number of benzene rings is 2. The highest BCUT2D eigenvalue weighted by molar-refractivity contribution is 7.99. The number of nitrogens with zero attached hydrogens (tertiary/aromatic N) is 2. The third-order valence-electron chi connectivity index (χ3n) is 3.95. The van der Waals surface area contributed by atoms with Crippen LogP contribution in [0.1, 0.15) is 17.0 Å². The van der Waals surface area contributed by atoms with Crippen molar-refractivity contribution in [2.75, 3.05) is 5.75 Å². The van der Waals surface area contributed by atoms with Crippen LogP contribution in [0.3, 0.4) is 0 Å². The fraction of sp³-hybridized carbons (Fsp3) is 0.263. The lowest BCUT2D eigenvalue weighted by atomic mass is 10.2. The van der Waals surface area contributed by atoms with Crippen molar-refractivity contribution in [3.8, 4) is 0 Å². The highest BCUT2D eigenvalue weighted by atomic mass is 32.2. The van der Waals surface area contributed by atoms with Crippen molar-refractivity contribution in [2.45, 2.75) is 19.2 Å². The van der Waals surface area contributed by atoms with Crippen molar-refractivity contribution in [3.63, 3.8) is 0 Å². The maximum absolute atomic E-state index is 12.0. The number of aromatic nitrogens is 2. The molecule has 0 radical (unpaired) electrons. The van der Waals surface area contributed by atoms with Gasteiger partial charge in [-0.25, -0.2) is 4.98 Å². The van der Waals surface area contributed by atoms with Crippen LogP contribution in [0, 0.1) is 6.92 Å². The van der Waals surface area contributed by atoms with Gasteiger partial charge in [0.15, 0.2) is 0 Å². The van der Waals surface area contributed by atoms with Gasteiger partial charge in [-0.1, -0.05) is 42.0 Å². The van der Waals surface area contributed by atoms with Crippen molar-refractivity contribution in [1.82, 2.24) is 14.9 Å². The Morgan fingerprint density at radius 2 is 1.92 bits per heavy atom. The van der Waals surface area contributed by atoms with Crippen LogP contribution in [-0.4, -0.2) is 21.2 Å². The zero-order valence-corrected chi connectivity index (χ0v) is 14.8. The molecule has 0 saturated carbocycles. The Morgan fingerprint density at radius 1 is 1.17 bits per heavy atom. The molecule has 1 amide bonds. The predicted octanol–water partition coefficient (Wildman–Crippen LogP) is 3.43. The van der Waals surface area contributed by atoms with Gasteiger partial charge in [-0.15, -0.1) is 11.8 Å². The van der Waals surface area contributed by atoms with E-state index >= 15 is 0 Å². The molecule has 3 rings (SSSR count). The van der Waals surface area contributed by atoms with E-state index in [4.69, 9.17) is 0 Å².